The predicted octanol–water partition coefficient (Wildman–Crippen LogP) is 0.153. The Morgan fingerprint density at radius 1 is 1.27 bits per heavy atom. The van der Waals surface area contributed by atoms with E-state index in [-0.39, 0.29) is 43.2 Å². The molecule has 4 atom stereocenters. The van der Waals surface area contributed by atoms with Gasteiger partial charge in [-0.25, -0.2) is 4.79 Å². The quantitative estimate of drug-likeness (QED) is 0.436. The van der Waals surface area contributed by atoms with E-state index in [2.05, 4.69) is 5.32 Å². The number of ether oxygens (including phenoxy) is 5. The highest BCUT2D eigenvalue weighted by Crippen LogP contribution is 2.59. The van der Waals surface area contributed by atoms with E-state index in [0.29, 0.717) is 17.8 Å². The summed E-state index contributed by atoms with van der Waals surface area (Å²) >= 11 is 0. The van der Waals surface area contributed by atoms with Crippen LogP contribution in [0.15, 0.2) is 22.6 Å². The first-order chi connectivity index (χ1) is 15.5. The number of primary amides is 1. The molecule has 1 amide bonds. The van der Waals surface area contributed by atoms with Crippen LogP contribution in [0.5, 0.6) is 0 Å². The van der Waals surface area contributed by atoms with Gasteiger partial charge in [-0.15, -0.1) is 0 Å². The topological polar surface area (TPSA) is 149 Å². The molecule has 0 aromatic carbocycles. The van der Waals surface area contributed by atoms with Gasteiger partial charge in [-0.1, -0.05) is 0 Å². The first-order valence-electron chi connectivity index (χ1n) is 11.0. The van der Waals surface area contributed by atoms with Crippen molar-refractivity contribution in [1.82, 2.24) is 10.2 Å². The second-order valence-electron chi connectivity index (χ2n) is 10.00. The summed E-state index contributed by atoms with van der Waals surface area (Å²) in [5, 5.41) is 3.36. The number of piperazine rings is 1. The Morgan fingerprint density at radius 2 is 1.94 bits per heavy atom. The van der Waals surface area contributed by atoms with Crippen LogP contribution in [-0.2, 0) is 33.3 Å². The summed E-state index contributed by atoms with van der Waals surface area (Å²) in [6.45, 7) is 7.67. The molecular formula is C22H29N3O8. The zero-order valence-electron chi connectivity index (χ0n) is 19.4. The summed E-state index contributed by atoms with van der Waals surface area (Å²) in [5.74, 6) is -3.07. The minimum Gasteiger partial charge on any atom is -0.449 e. The van der Waals surface area contributed by atoms with Gasteiger partial charge in [-0.3, -0.25) is 9.59 Å². The maximum absolute atomic E-state index is 14.0. The third kappa shape index (κ3) is 2.86. The number of carbonyl (C=O) groups is 3. The smallest absolute Gasteiger partial charge is 0.404 e. The van der Waals surface area contributed by atoms with Crippen LogP contribution in [0.1, 0.15) is 27.7 Å². The number of rotatable bonds is 4. The predicted molar refractivity (Wildman–Crippen MR) is 111 cm³/mol. The van der Waals surface area contributed by atoms with Crippen molar-refractivity contribution >= 4 is 17.8 Å². The van der Waals surface area contributed by atoms with Crippen LogP contribution in [0.25, 0.3) is 0 Å². The number of hydrogen-bond acceptors (Lipinski definition) is 10. The number of methoxy groups -OCH3 is 1. The van der Waals surface area contributed by atoms with Crippen molar-refractivity contribution < 1.29 is 38.1 Å². The average molecular weight is 463 g/mol. The number of hydrogen-bond donors (Lipinski definition) is 2. The van der Waals surface area contributed by atoms with Crippen molar-refractivity contribution in [2.75, 3.05) is 33.5 Å². The number of amides is 1. The maximum atomic E-state index is 14.0. The lowest BCUT2D eigenvalue weighted by molar-refractivity contribution is -0.167. The van der Waals surface area contributed by atoms with Crippen molar-refractivity contribution in [2.24, 2.45) is 17.1 Å². The van der Waals surface area contributed by atoms with E-state index in [0.717, 1.165) is 0 Å². The number of nitrogens with two attached hydrogens (primary N) is 1. The van der Waals surface area contributed by atoms with Gasteiger partial charge in [0, 0.05) is 30.8 Å². The molecule has 1 spiro atoms. The fraction of sp³-hybridized carbons (Fsp3) is 0.682. The minimum atomic E-state index is -1.71. The summed E-state index contributed by atoms with van der Waals surface area (Å²) in [4.78, 5) is 40.4. The van der Waals surface area contributed by atoms with Crippen molar-refractivity contribution in [3.8, 4) is 0 Å². The third-order valence-electron chi connectivity index (χ3n) is 7.12. The molecule has 3 fully saturated rings. The lowest BCUT2D eigenvalue weighted by atomic mass is 9.80. The van der Waals surface area contributed by atoms with Gasteiger partial charge in [0.25, 0.3) is 5.79 Å². The van der Waals surface area contributed by atoms with Crippen LogP contribution in [-0.4, -0.2) is 79.8 Å². The zero-order chi connectivity index (χ0) is 23.9. The largest absolute Gasteiger partial charge is 0.449 e. The molecule has 5 rings (SSSR count). The highest BCUT2D eigenvalue weighted by atomic mass is 16.7. The van der Waals surface area contributed by atoms with Crippen molar-refractivity contribution in [3.63, 3.8) is 0 Å². The molecule has 180 valence electrons. The number of nitrogens with zero attached hydrogens (tertiary/aromatic N) is 1. The van der Waals surface area contributed by atoms with E-state index in [9.17, 15) is 14.4 Å². The monoisotopic (exact) mass is 463 g/mol. The number of carbonyl (C=O) groups excluding carboxylic acids is 3. The van der Waals surface area contributed by atoms with E-state index < -0.39 is 40.7 Å². The summed E-state index contributed by atoms with van der Waals surface area (Å²) in [6.07, 6.45) is -0.961. The van der Waals surface area contributed by atoms with Gasteiger partial charge in [0.2, 0.25) is 5.78 Å². The fourth-order valence-corrected chi connectivity index (χ4v) is 5.50. The molecule has 0 saturated carbocycles. The van der Waals surface area contributed by atoms with Gasteiger partial charge in [0.1, 0.15) is 6.61 Å². The number of fused-ring (bicyclic) bond motifs is 4. The molecule has 33 heavy (non-hydrogen) atoms. The molecule has 4 heterocycles. The molecule has 0 unspecified atom stereocenters. The molecule has 0 aromatic rings. The van der Waals surface area contributed by atoms with Crippen LogP contribution in [0, 0.1) is 11.3 Å². The molecule has 0 aromatic heterocycles. The molecule has 4 aliphatic heterocycles. The Bertz CT molecular complexity index is 1010. The molecule has 3 saturated heterocycles. The Kier molecular flexibility index (Phi) is 4.75. The third-order valence-corrected chi connectivity index (χ3v) is 7.12. The van der Waals surface area contributed by atoms with Crippen molar-refractivity contribution in [3.05, 3.63) is 22.6 Å². The lowest BCUT2D eigenvalue weighted by Gasteiger charge is -2.40. The number of esters is 1. The molecule has 5 aliphatic rings. The van der Waals surface area contributed by atoms with E-state index in [1.54, 1.807) is 34.8 Å². The molecule has 0 radical (unpaired) electrons. The van der Waals surface area contributed by atoms with Gasteiger partial charge in [-0.2, -0.15) is 0 Å². The second kappa shape index (κ2) is 7.02. The van der Waals surface area contributed by atoms with Crippen LogP contribution in [0.3, 0.4) is 0 Å². The maximum Gasteiger partial charge on any atom is 0.404 e. The number of ketones is 1. The lowest BCUT2D eigenvalue weighted by Crippen LogP contribution is -2.55. The van der Waals surface area contributed by atoms with Crippen molar-refractivity contribution in [2.45, 2.75) is 51.3 Å². The second-order valence-corrected chi connectivity index (χ2v) is 10.00. The highest BCUT2D eigenvalue weighted by molar-refractivity contribution is 6.07. The first-order valence-corrected chi connectivity index (χ1v) is 11.0. The van der Waals surface area contributed by atoms with E-state index >= 15 is 0 Å². The highest BCUT2D eigenvalue weighted by Gasteiger charge is 2.74. The molecule has 11 heteroatoms. The first kappa shape index (κ1) is 22.3. The van der Waals surface area contributed by atoms with E-state index in [1.807, 2.05) is 4.90 Å². The van der Waals surface area contributed by atoms with Gasteiger partial charge in [-0.05, 0) is 27.7 Å². The zero-order valence-corrected chi connectivity index (χ0v) is 19.4. The van der Waals surface area contributed by atoms with Crippen LogP contribution < -0.4 is 11.1 Å². The van der Waals surface area contributed by atoms with Crippen LogP contribution in [0.4, 0.5) is 4.79 Å². The Labute approximate surface area is 191 Å². The number of Topliss-reactive ketones (excluding diaryl/α,β-unsaturated/α-hetero) is 1. The Balaban J connectivity index is 1.69. The van der Waals surface area contributed by atoms with Gasteiger partial charge in [0.15, 0.2) is 11.5 Å². The molecule has 0 bridgehead atoms. The van der Waals surface area contributed by atoms with Crippen molar-refractivity contribution in [1.29, 1.82) is 0 Å². The minimum absolute atomic E-state index is 0.108. The standard InChI is InChI=1S/C22H29N3O8/c1-10-15(33-18(27)20(2,3)4)14-13(17(26)22(10)31-6-7-32-22)11(9-30-19(23)28)21(29-5)16-12(24-16)8-25(14)21/h11-12,16,24H,6-9H2,1-5H3,(H2,23,28)/t11-,12+,16+,21-/m1/s1. The summed E-state index contributed by atoms with van der Waals surface area (Å²) in [5.41, 5.74) is 4.55. The van der Waals surface area contributed by atoms with Gasteiger partial charge < -0.3 is 39.6 Å². The fourth-order valence-electron chi connectivity index (χ4n) is 5.50. The van der Waals surface area contributed by atoms with E-state index in [1.165, 1.54) is 0 Å². The van der Waals surface area contributed by atoms with Gasteiger partial charge in [0.05, 0.1) is 36.3 Å². The Morgan fingerprint density at radius 3 is 2.52 bits per heavy atom. The van der Waals surface area contributed by atoms with Gasteiger partial charge >= 0.3 is 12.1 Å². The van der Waals surface area contributed by atoms with Crippen LogP contribution >= 0.6 is 0 Å². The molecule has 1 aliphatic carbocycles. The number of nitrogens with one attached hydrogen (secondary N) is 1. The summed E-state index contributed by atoms with van der Waals surface area (Å²) in [7, 11) is 1.55. The normalized spacial score (nSPS) is 33.9. The Hall–Kier alpha value is -2.47. The van der Waals surface area contributed by atoms with Crippen LogP contribution in [0.2, 0.25) is 0 Å². The molecule has 3 N–H and O–H groups in total. The molecule has 11 nitrogen and oxygen atoms in total. The molecular weight excluding hydrogens is 434 g/mol. The summed E-state index contributed by atoms with van der Waals surface area (Å²) in [6, 6.07) is 0.0172. The van der Waals surface area contributed by atoms with E-state index in [4.69, 9.17) is 29.4 Å². The SMILES string of the molecule is CO[C@@]12[C@H](COC(N)=O)C3=C(C(OC(=O)C(C)(C)C)=C(C)C4(OCCO4)C3=O)N1C[C@@H]1N[C@@H]12. The average Bonchev–Trinajstić information content (AvgIpc) is 3.11. The summed E-state index contributed by atoms with van der Waals surface area (Å²) < 4.78 is 28.9.